The predicted molar refractivity (Wildman–Crippen MR) is 77.6 cm³/mol. The van der Waals surface area contributed by atoms with E-state index in [4.69, 9.17) is 11.6 Å². The molecule has 1 aromatic carbocycles. The highest BCUT2D eigenvalue weighted by molar-refractivity contribution is 6.18. The van der Waals surface area contributed by atoms with E-state index in [2.05, 4.69) is 5.32 Å². The molecule has 1 amide bonds. The summed E-state index contributed by atoms with van der Waals surface area (Å²) in [4.78, 5) is 14.0. The normalized spacial score (nSPS) is 12.3. The van der Waals surface area contributed by atoms with E-state index in [0.29, 0.717) is 17.4 Å². The Bertz CT molecular complexity index is 387. The first-order valence-electron chi connectivity index (χ1n) is 6.10. The van der Waals surface area contributed by atoms with Crippen molar-refractivity contribution in [1.29, 1.82) is 0 Å². The zero-order valence-corrected chi connectivity index (χ0v) is 12.2. The Morgan fingerprint density at radius 3 is 2.22 bits per heavy atom. The van der Waals surface area contributed by atoms with Crippen molar-refractivity contribution in [3.05, 3.63) is 29.8 Å². The van der Waals surface area contributed by atoms with Gasteiger partial charge in [-0.3, -0.25) is 4.79 Å². The van der Waals surface area contributed by atoms with Gasteiger partial charge in [0.05, 0.1) is 0 Å². The highest BCUT2D eigenvalue weighted by atomic mass is 35.5. The van der Waals surface area contributed by atoms with Crippen LogP contribution in [0.3, 0.4) is 0 Å². The molecule has 0 bridgehead atoms. The highest BCUT2D eigenvalue weighted by Gasteiger charge is 2.15. The van der Waals surface area contributed by atoms with Crippen LogP contribution in [0.15, 0.2) is 24.3 Å². The first kappa shape index (κ1) is 14.8. The lowest BCUT2D eigenvalue weighted by molar-refractivity contribution is 0.0931. The largest absolute Gasteiger partial charge is 0.378 e. The van der Waals surface area contributed by atoms with E-state index in [-0.39, 0.29) is 11.9 Å². The molecule has 0 heterocycles. The van der Waals surface area contributed by atoms with E-state index in [1.54, 1.807) is 0 Å². The van der Waals surface area contributed by atoms with Crippen LogP contribution in [0.4, 0.5) is 5.69 Å². The number of hydrogen-bond donors (Lipinski definition) is 1. The molecule has 0 spiro atoms. The molecule has 1 atom stereocenters. The van der Waals surface area contributed by atoms with Crippen molar-refractivity contribution in [2.75, 3.05) is 24.9 Å². The average molecular weight is 269 g/mol. The van der Waals surface area contributed by atoms with Gasteiger partial charge in [0.25, 0.3) is 5.91 Å². The van der Waals surface area contributed by atoms with Gasteiger partial charge in [0.15, 0.2) is 0 Å². The monoisotopic (exact) mass is 268 g/mol. The molecule has 1 rings (SSSR count). The Morgan fingerprint density at radius 2 is 1.83 bits per heavy atom. The third kappa shape index (κ3) is 3.91. The van der Waals surface area contributed by atoms with Crippen LogP contribution >= 0.6 is 11.6 Å². The van der Waals surface area contributed by atoms with E-state index in [0.717, 1.165) is 5.69 Å². The Morgan fingerprint density at radius 1 is 1.28 bits per heavy atom. The Hall–Kier alpha value is -1.22. The number of nitrogens with one attached hydrogen (secondary N) is 1. The van der Waals surface area contributed by atoms with Gasteiger partial charge < -0.3 is 10.2 Å². The first-order chi connectivity index (χ1) is 8.45. The highest BCUT2D eigenvalue weighted by Crippen LogP contribution is 2.13. The summed E-state index contributed by atoms with van der Waals surface area (Å²) in [6, 6.07) is 7.53. The van der Waals surface area contributed by atoms with Gasteiger partial charge in [0.1, 0.15) is 0 Å². The molecule has 0 aliphatic carbocycles. The van der Waals surface area contributed by atoms with Crippen LogP contribution < -0.4 is 10.2 Å². The van der Waals surface area contributed by atoms with Crippen LogP contribution in [0.5, 0.6) is 0 Å². The SMILES string of the molecule is CC(C)C(CCl)NC(=O)c1ccc(N(C)C)cc1. The minimum absolute atomic E-state index is 0.00712. The molecule has 0 aromatic heterocycles. The topological polar surface area (TPSA) is 32.3 Å². The predicted octanol–water partition coefficient (Wildman–Crippen LogP) is 2.75. The van der Waals surface area contributed by atoms with Crippen molar-refractivity contribution in [2.24, 2.45) is 5.92 Å². The van der Waals surface area contributed by atoms with E-state index in [1.165, 1.54) is 0 Å². The number of hydrogen-bond acceptors (Lipinski definition) is 2. The summed E-state index contributed by atoms with van der Waals surface area (Å²) in [6.07, 6.45) is 0. The molecule has 1 N–H and O–H groups in total. The number of amides is 1. The molecule has 4 heteroatoms. The molecular weight excluding hydrogens is 248 g/mol. The van der Waals surface area contributed by atoms with Gasteiger partial charge in [-0.05, 0) is 30.2 Å². The zero-order valence-electron chi connectivity index (χ0n) is 11.4. The molecule has 1 aromatic rings. The van der Waals surface area contributed by atoms with Crippen molar-refractivity contribution in [3.8, 4) is 0 Å². The Balaban J connectivity index is 2.72. The molecule has 0 saturated heterocycles. The maximum absolute atomic E-state index is 12.0. The molecule has 3 nitrogen and oxygen atoms in total. The number of benzene rings is 1. The maximum Gasteiger partial charge on any atom is 0.251 e. The van der Waals surface area contributed by atoms with Gasteiger partial charge in [-0.15, -0.1) is 11.6 Å². The number of carbonyl (C=O) groups excluding carboxylic acids is 1. The smallest absolute Gasteiger partial charge is 0.251 e. The molecule has 0 fully saturated rings. The molecule has 0 aliphatic rings. The zero-order chi connectivity index (χ0) is 13.7. The summed E-state index contributed by atoms with van der Waals surface area (Å²) in [6.45, 7) is 4.09. The van der Waals surface area contributed by atoms with Crippen LogP contribution in [0, 0.1) is 5.92 Å². The number of anilines is 1. The second-order valence-corrected chi connectivity index (χ2v) is 5.23. The van der Waals surface area contributed by atoms with Gasteiger partial charge in [0, 0.05) is 37.3 Å². The van der Waals surface area contributed by atoms with E-state index in [9.17, 15) is 4.79 Å². The molecule has 0 radical (unpaired) electrons. The van der Waals surface area contributed by atoms with Crippen LogP contribution in [0.1, 0.15) is 24.2 Å². The summed E-state index contributed by atoms with van der Waals surface area (Å²) in [5, 5.41) is 2.95. The van der Waals surface area contributed by atoms with Gasteiger partial charge in [-0.25, -0.2) is 0 Å². The lowest BCUT2D eigenvalue weighted by Crippen LogP contribution is -2.39. The van der Waals surface area contributed by atoms with E-state index < -0.39 is 0 Å². The number of alkyl halides is 1. The molecular formula is C14H21ClN2O. The molecule has 100 valence electrons. The number of carbonyl (C=O) groups is 1. The molecule has 0 saturated carbocycles. The standard InChI is InChI=1S/C14H21ClN2O/c1-10(2)13(9-15)16-14(18)11-5-7-12(8-6-11)17(3)4/h5-8,10,13H,9H2,1-4H3,(H,16,18). The third-order valence-electron chi connectivity index (χ3n) is 2.93. The minimum atomic E-state index is -0.0698. The lowest BCUT2D eigenvalue weighted by atomic mass is 10.1. The maximum atomic E-state index is 12.0. The summed E-state index contributed by atoms with van der Waals surface area (Å²) in [7, 11) is 3.94. The summed E-state index contributed by atoms with van der Waals surface area (Å²) >= 11 is 5.84. The number of nitrogens with zero attached hydrogens (tertiary/aromatic N) is 1. The van der Waals surface area contributed by atoms with E-state index >= 15 is 0 Å². The van der Waals surface area contributed by atoms with Gasteiger partial charge in [-0.1, -0.05) is 13.8 Å². The molecule has 1 unspecified atom stereocenters. The van der Waals surface area contributed by atoms with Crippen molar-refractivity contribution in [3.63, 3.8) is 0 Å². The molecule has 0 aliphatic heterocycles. The second kappa shape index (κ2) is 6.64. The summed E-state index contributed by atoms with van der Waals surface area (Å²) in [5.74, 6) is 0.686. The fourth-order valence-corrected chi connectivity index (χ4v) is 1.98. The lowest BCUT2D eigenvalue weighted by Gasteiger charge is -2.20. The Labute approximate surface area is 114 Å². The number of halogens is 1. The summed E-state index contributed by atoms with van der Waals surface area (Å²) in [5.41, 5.74) is 1.74. The fraction of sp³-hybridized carbons (Fsp3) is 0.500. The van der Waals surface area contributed by atoms with Gasteiger partial charge in [0.2, 0.25) is 0 Å². The van der Waals surface area contributed by atoms with E-state index in [1.807, 2.05) is 57.1 Å². The van der Waals surface area contributed by atoms with Crippen molar-refractivity contribution < 1.29 is 4.79 Å². The van der Waals surface area contributed by atoms with Crippen LogP contribution in [-0.4, -0.2) is 31.9 Å². The van der Waals surface area contributed by atoms with Crippen molar-refractivity contribution in [1.82, 2.24) is 5.32 Å². The summed E-state index contributed by atoms with van der Waals surface area (Å²) < 4.78 is 0. The minimum Gasteiger partial charge on any atom is -0.378 e. The third-order valence-corrected chi connectivity index (χ3v) is 3.27. The van der Waals surface area contributed by atoms with Crippen molar-refractivity contribution >= 4 is 23.2 Å². The van der Waals surface area contributed by atoms with Crippen molar-refractivity contribution in [2.45, 2.75) is 19.9 Å². The second-order valence-electron chi connectivity index (χ2n) is 4.92. The van der Waals surface area contributed by atoms with Crippen LogP contribution in [0.25, 0.3) is 0 Å². The van der Waals surface area contributed by atoms with Crippen LogP contribution in [-0.2, 0) is 0 Å². The average Bonchev–Trinajstić information content (AvgIpc) is 2.35. The van der Waals surface area contributed by atoms with Crippen LogP contribution in [0.2, 0.25) is 0 Å². The fourth-order valence-electron chi connectivity index (χ4n) is 1.55. The van der Waals surface area contributed by atoms with Gasteiger partial charge >= 0.3 is 0 Å². The molecule has 18 heavy (non-hydrogen) atoms. The number of rotatable bonds is 5. The van der Waals surface area contributed by atoms with Gasteiger partial charge in [-0.2, -0.15) is 0 Å². The first-order valence-corrected chi connectivity index (χ1v) is 6.63. The quantitative estimate of drug-likeness (QED) is 0.833. The Kier molecular flexibility index (Phi) is 5.48.